The average molecular weight is 236 g/mol. The number of β-amino-alcohol motifs (C(OH)–C–C–N with tert-alkyl or cyclic N) is 1. The summed E-state index contributed by atoms with van der Waals surface area (Å²) in [6.45, 7) is 5.36. The van der Waals surface area contributed by atoms with Crippen molar-refractivity contribution in [3.05, 3.63) is 0 Å². The van der Waals surface area contributed by atoms with Gasteiger partial charge in [0.2, 0.25) is 0 Å². The van der Waals surface area contributed by atoms with E-state index in [1.165, 1.54) is 0 Å². The second kappa shape index (κ2) is 8.11. The molecule has 1 unspecified atom stereocenters. The van der Waals surface area contributed by atoms with E-state index < -0.39 is 6.10 Å². The molecule has 0 spiro atoms. The van der Waals surface area contributed by atoms with Gasteiger partial charge < -0.3 is 9.84 Å². The van der Waals surface area contributed by atoms with Gasteiger partial charge >= 0.3 is 0 Å². The zero-order valence-electron chi connectivity index (χ0n) is 10.1. The number of terminal acetylenes is 2. The lowest BCUT2D eigenvalue weighted by Gasteiger charge is -2.30. The second-order valence-corrected chi connectivity index (χ2v) is 4.14. The predicted molar refractivity (Wildman–Crippen MR) is 67.4 cm³/mol. The quantitative estimate of drug-likeness (QED) is 0.616. The first-order valence-electron chi connectivity index (χ1n) is 5.83. The van der Waals surface area contributed by atoms with Gasteiger partial charge in [-0.05, 0) is 0 Å². The summed E-state index contributed by atoms with van der Waals surface area (Å²) in [6, 6.07) is 0. The highest BCUT2D eigenvalue weighted by molar-refractivity contribution is 4.95. The summed E-state index contributed by atoms with van der Waals surface area (Å²) in [4.78, 5) is 4.09. The van der Waals surface area contributed by atoms with Gasteiger partial charge in [0.15, 0.2) is 0 Å². The molecule has 4 nitrogen and oxygen atoms in total. The van der Waals surface area contributed by atoms with Crippen LogP contribution in [-0.4, -0.2) is 73.5 Å². The molecule has 0 amide bonds. The van der Waals surface area contributed by atoms with Crippen LogP contribution in [0.15, 0.2) is 0 Å². The van der Waals surface area contributed by atoms with Crippen LogP contribution in [0, 0.1) is 24.7 Å². The number of aliphatic hydroxyl groups is 1. The molecule has 1 N–H and O–H groups in total. The fraction of sp³-hybridized carbons (Fsp3) is 0.692. The molecule has 1 fully saturated rings. The third-order valence-electron chi connectivity index (χ3n) is 2.67. The molecular weight excluding hydrogens is 216 g/mol. The molecule has 0 aromatic carbocycles. The Morgan fingerprint density at radius 2 is 1.82 bits per heavy atom. The van der Waals surface area contributed by atoms with Gasteiger partial charge in [0.25, 0.3) is 0 Å². The molecule has 0 radical (unpaired) electrons. The third-order valence-corrected chi connectivity index (χ3v) is 2.67. The van der Waals surface area contributed by atoms with Gasteiger partial charge in [-0.1, -0.05) is 11.8 Å². The zero-order valence-corrected chi connectivity index (χ0v) is 10.1. The first kappa shape index (κ1) is 14.0. The van der Waals surface area contributed by atoms with Crippen molar-refractivity contribution >= 4 is 0 Å². The van der Waals surface area contributed by atoms with Gasteiger partial charge in [0.1, 0.15) is 0 Å². The number of nitrogens with zero attached hydrogens (tertiary/aromatic N) is 2. The molecule has 1 aliphatic heterocycles. The van der Waals surface area contributed by atoms with Crippen molar-refractivity contribution in [2.75, 3.05) is 52.5 Å². The fourth-order valence-electron chi connectivity index (χ4n) is 1.88. The van der Waals surface area contributed by atoms with Crippen molar-refractivity contribution in [2.24, 2.45) is 0 Å². The molecule has 0 bridgehead atoms. The maximum absolute atomic E-state index is 9.96. The number of aliphatic hydroxyl groups excluding tert-OH is 1. The summed E-state index contributed by atoms with van der Waals surface area (Å²) < 4.78 is 5.25. The Morgan fingerprint density at radius 1 is 1.24 bits per heavy atom. The Hall–Kier alpha value is -1.04. The minimum atomic E-state index is -0.421. The van der Waals surface area contributed by atoms with E-state index in [0.29, 0.717) is 26.2 Å². The molecule has 1 saturated heterocycles. The second-order valence-electron chi connectivity index (χ2n) is 4.14. The maximum atomic E-state index is 9.96. The summed E-state index contributed by atoms with van der Waals surface area (Å²) in [5.41, 5.74) is 0. The van der Waals surface area contributed by atoms with Crippen molar-refractivity contribution in [1.82, 2.24) is 9.80 Å². The summed E-state index contributed by atoms with van der Waals surface area (Å²) in [5.74, 6) is 5.09. The first-order valence-corrected chi connectivity index (χ1v) is 5.83. The summed E-state index contributed by atoms with van der Waals surface area (Å²) in [7, 11) is 0. The Bertz CT molecular complexity index is 271. The van der Waals surface area contributed by atoms with Gasteiger partial charge in [-0.3, -0.25) is 9.80 Å². The molecule has 4 heteroatoms. The Labute approximate surface area is 104 Å². The van der Waals surface area contributed by atoms with Crippen LogP contribution in [0.3, 0.4) is 0 Å². The molecule has 1 heterocycles. The average Bonchev–Trinajstić information content (AvgIpc) is 2.30. The number of ether oxygens (including phenoxy) is 1. The Morgan fingerprint density at radius 3 is 2.35 bits per heavy atom. The Kier molecular flexibility index (Phi) is 6.69. The minimum Gasteiger partial charge on any atom is -0.390 e. The summed E-state index contributed by atoms with van der Waals surface area (Å²) in [6.07, 6.45) is 10.1. The minimum absolute atomic E-state index is 0.421. The van der Waals surface area contributed by atoms with E-state index in [4.69, 9.17) is 17.6 Å². The molecule has 1 rings (SSSR count). The van der Waals surface area contributed by atoms with Gasteiger partial charge in [-0.2, -0.15) is 0 Å². The van der Waals surface area contributed by atoms with E-state index in [-0.39, 0.29) is 0 Å². The van der Waals surface area contributed by atoms with Crippen LogP contribution in [0.5, 0.6) is 0 Å². The third kappa shape index (κ3) is 5.72. The van der Waals surface area contributed by atoms with E-state index in [9.17, 15) is 5.11 Å². The number of hydrogen-bond donors (Lipinski definition) is 1. The standard InChI is InChI=1S/C13H20N2O2/c1-3-5-14(6-4-2)11-13(16)12-15-7-9-17-10-8-15/h1-2,13,16H,5-12H2. The Balaban J connectivity index is 2.28. The highest BCUT2D eigenvalue weighted by Crippen LogP contribution is 2.00. The molecule has 94 valence electrons. The topological polar surface area (TPSA) is 35.9 Å². The molecule has 0 aromatic heterocycles. The zero-order chi connectivity index (χ0) is 12.5. The van der Waals surface area contributed by atoms with E-state index >= 15 is 0 Å². The van der Waals surface area contributed by atoms with Crippen LogP contribution < -0.4 is 0 Å². The molecule has 17 heavy (non-hydrogen) atoms. The van der Waals surface area contributed by atoms with Crippen LogP contribution in [0.1, 0.15) is 0 Å². The van der Waals surface area contributed by atoms with Crippen molar-refractivity contribution in [2.45, 2.75) is 6.10 Å². The highest BCUT2D eigenvalue weighted by atomic mass is 16.5. The lowest BCUT2D eigenvalue weighted by molar-refractivity contribution is 0.00871. The molecule has 1 atom stereocenters. The first-order chi connectivity index (χ1) is 8.26. The van der Waals surface area contributed by atoms with Crippen LogP contribution in [0.25, 0.3) is 0 Å². The largest absolute Gasteiger partial charge is 0.390 e. The molecule has 0 aromatic rings. The highest BCUT2D eigenvalue weighted by Gasteiger charge is 2.16. The van der Waals surface area contributed by atoms with Crippen molar-refractivity contribution in [3.63, 3.8) is 0 Å². The summed E-state index contributed by atoms with van der Waals surface area (Å²) >= 11 is 0. The van der Waals surface area contributed by atoms with E-state index in [1.807, 2.05) is 4.90 Å². The number of hydrogen-bond acceptors (Lipinski definition) is 4. The van der Waals surface area contributed by atoms with Gasteiger partial charge in [-0.15, -0.1) is 12.8 Å². The van der Waals surface area contributed by atoms with E-state index in [0.717, 1.165) is 26.3 Å². The normalized spacial score (nSPS) is 18.6. The van der Waals surface area contributed by atoms with E-state index in [2.05, 4.69) is 16.7 Å². The number of morpholine rings is 1. The van der Waals surface area contributed by atoms with Gasteiger partial charge in [0.05, 0.1) is 32.4 Å². The molecule has 0 aliphatic carbocycles. The van der Waals surface area contributed by atoms with Crippen LogP contribution in [-0.2, 0) is 4.74 Å². The van der Waals surface area contributed by atoms with Crippen LogP contribution in [0.2, 0.25) is 0 Å². The predicted octanol–water partition coefficient (Wildman–Crippen LogP) is -0.752. The lowest BCUT2D eigenvalue weighted by Crippen LogP contribution is -2.44. The summed E-state index contributed by atoms with van der Waals surface area (Å²) in [5, 5.41) is 9.96. The van der Waals surface area contributed by atoms with Gasteiger partial charge in [0, 0.05) is 26.2 Å². The fourth-order valence-corrected chi connectivity index (χ4v) is 1.88. The molecular formula is C13H20N2O2. The van der Waals surface area contributed by atoms with Crippen molar-refractivity contribution in [1.29, 1.82) is 0 Å². The molecule has 0 saturated carbocycles. The lowest BCUT2D eigenvalue weighted by atomic mass is 10.2. The van der Waals surface area contributed by atoms with Crippen LogP contribution >= 0.6 is 0 Å². The SMILES string of the molecule is C#CCN(CC#C)CC(O)CN1CCOCC1. The maximum Gasteiger partial charge on any atom is 0.0794 e. The molecule has 1 aliphatic rings. The van der Waals surface area contributed by atoms with Gasteiger partial charge in [-0.25, -0.2) is 0 Å². The van der Waals surface area contributed by atoms with E-state index in [1.54, 1.807) is 0 Å². The van der Waals surface area contributed by atoms with Crippen LogP contribution in [0.4, 0.5) is 0 Å². The van der Waals surface area contributed by atoms with Crippen molar-refractivity contribution in [3.8, 4) is 24.7 Å². The monoisotopic (exact) mass is 236 g/mol. The smallest absolute Gasteiger partial charge is 0.0794 e. The van der Waals surface area contributed by atoms with Crippen molar-refractivity contribution < 1.29 is 9.84 Å². The number of rotatable bonds is 6.